The lowest BCUT2D eigenvalue weighted by atomic mass is 10.2. The van der Waals surface area contributed by atoms with Gasteiger partial charge in [-0.2, -0.15) is 5.10 Å². The minimum Gasteiger partial charge on any atom is -0.350 e. The fourth-order valence-corrected chi connectivity index (χ4v) is 2.21. The van der Waals surface area contributed by atoms with Gasteiger partial charge in [0.2, 0.25) is 0 Å². The van der Waals surface area contributed by atoms with Gasteiger partial charge in [-0.1, -0.05) is 0 Å². The Morgan fingerprint density at radius 3 is 3.05 bits per heavy atom. The van der Waals surface area contributed by atoms with E-state index < -0.39 is 0 Å². The number of fused-ring (bicyclic) bond motifs is 1. The molecule has 0 spiro atoms. The van der Waals surface area contributed by atoms with Crippen molar-refractivity contribution in [3.05, 3.63) is 46.5 Å². The fraction of sp³-hybridized carbons (Fsp3) is 0.231. The van der Waals surface area contributed by atoms with Crippen LogP contribution in [0.25, 0.3) is 10.9 Å². The summed E-state index contributed by atoms with van der Waals surface area (Å²) in [6.45, 7) is 0.363. The van der Waals surface area contributed by atoms with E-state index in [0.717, 1.165) is 10.9 Å². The minimum atomic E-state index is -0.355. The topological polar surface area (TPSA) is 108 Å². The lowest BCUT2D eigenvalue weighted by molar-refractivity contribution is 0.0950. The highest BCUT2D eigenvalue weighted by atomic mass is 16.2. The first-order valence-electron chi connectivity index (χ1n) is 6.47. The van der Waals surface area contributed by atoms with Crippen molar-refractivity contribution in [2.24, 2.45) is 7.05 Å². The number of hydrogen-bond acceptors (Lipinski definition) is 4. The van der Waals surface area contributed by atoms with E-state index in [4.69, 9.17) is 0 Å². The van der Waals surface area contributed by atoms with Gasteiger partial charge in [0.1, 0.15) is 5.82 Å². The SMILES string of the molecule is Cn1ccc2ccnc(C(=O)NCCc3n[nH]c(=O)[nH]3)c21. The van der Waals surface area contributed by atoms with Crippen LogP contribution < -0.4 is 11.0 Å². The molecule has 3 N–H and O–H groups in total. The van der Waals surface area contributed by atoms with E-state index >= 15 is 0 Å². The van der Waals surface area contributed by atoms with E-state index in [-0.39, 0.29) is 11.6 Å². The summed E-state index contributed by atoms with van der Waals surface area (Å²) in [5.74, 6) is 0.255. The van der Waals surface area contributed by atoms with E-state index in [9.17, 15) is 9.59 Å². The normalized spacial score (nSPS) is 10.9. The quantitative estimate of drug-likeness (QED) is 0.625. The number of amides is 1. The molecule has 0 aliphatic rings. The van der Waals surface area contributed by atoms with Crippen LogP contribution in [0, 0.1) is 0 Å². The highest BCUT2D eigenvalue weighted by molar-refractivity contribution is 6.04. The average molecular weight is 286 g/mol. The smallest absolute Gasteiger partial charge is 0.340 e. The van der Waals surface area contributed by atoms with Crippen LogP contribution in [0.3, 0.4) is 0 Å². The number of hydrogen-bond donors (Lipinski definition) is 3. The van der Waals surface area contributed by atoms with Crippen molar-refractivity contribution >= 4 is 16.8 Å². The van der Waals surface area contributed by atoms with Crippen LogP contribution in [0.15, 0.2) is 29.3 Å². The van der Waals surface area contributed by atoms with Crippen LogP contribution in [0.4, 0.5) is 0 Å². The van der Waals surface area contributed by atoms with Crippen molar-refractivity contribution in [1.82, 2.24) is 30.0 Å². The van der Waals surface area contributed by atoms with E-state index in [1.807, 2.05) is 29.9 Å². The predicted octanol–water partition coefficient (Wildman–Crippen LogP) is -0.0428. The number of aryl methyl sites for hydroxylation is 1. The molecular formula is C13H14N6O2. The first kappa shape index (κ1) is 13.1. The van der Waals surface area contributed by atoms with Gasteiger partial charge in [0, 0.05) is 37.8 Å². The van der Waals surface area contributed by atoms with Crippen molar-refractivity contribution in [2.75, 3.05) is 6.54 Å². The van der Waals surface area contributed by atoms with Crippen molar-refractivity contribution < 1.29 is 4.79 Å². The Labute approximate surface area is 119 Å². The molecule has 0 saturated carbocycles. The van der Waals surface area contributed by atoms with Gasteiger partial charge in [-0.05, 0) is 12.1 Å². The molecule has 0 saturated heterocycles. The molecule has 3 rings (SSSR count). The molecule has 0 bridgehead atoms. The molecule has 1 amide bonds. The fourth-order valence-electron chi connectivity index (χ4n) is 2.21. The number of rotatable bonds is 4. The number of carbonyl (C=O) groups excluding carboxylic acids is 1. The van der Waals surface area contributed by atoms with Crippen LogP contribution >= 0.6 is 0 Å². The Hall–Kier alpha value is -2.90. The number of nitrogens with zero attached hydrogens (tertiary/aromatic N) is 3. The van der Waals surface area contributed by atoms with Gasteiger partial charge in [-0.15, -0.1) is 0 Å². The zero-order valence-electron chi connectivity index (χ0n) is 11.4. The number of aromatic nitrogens is 5. The molecule has 3 aromatic rings. The summed E-state index contributed by atoms with van der Waals surface area (Å²) in [6, 6.07) is 3.79. The first-order valence-corrected chi connectivity index (χ1v) is 6.47. The maximum atomic E-state index is 12.2. The maximum absolute atomic E-state index is 12.2. The summed E-state index contributed by atoms with van der Waals surface area (Å²) in [6.07, 6.45) is 3.94. The van der Waals surface area contributed by atoms with E-state index in [0.29, 0.717) is 24.5 Å². The second-order valence-corrected chi connectivity index (χ2v) is 4.65. The number of pyridine rings is 1. The highest BCUT2D eigenvalue weighted by Crippen LogP contribution is 2.17. The summed E-state index contributed by atoms with van der Waals surface area (Å²) in [7, 11) is 1.87. The summed E-state index contributed by atoms with van der Waals surface area (Å²) >= 11 is 0. The Bertz CT molecular complexity index is 844. The van der Waals surface area contributed by atoms with Gasteiger partial charge in [-0.3, -0.25) is 9.78 Å². The van der Waals surface area contributed by atoms with Gasteiger partial charge >= 0.3 is 5.69 Å². The molecule has 0 aliphatic carbocycles. The Kier molecular flexibility index (Phi) is 3.27. The van der Waals surface area contributed by atoms with Gasteiger partial charge in [0.15, 0.2) is 5.69 Å². The molecule has 0 unspecified atom stereocenters. The summed E-state index contributed by atoms with van der Waals surface area (Å²) < 4.78 is 1.86. The zero-order chi connectivity index (χ0) is 14.8. The van der Waals surface area contributed by atoms with Crippen LogP contribution in [-0.4, -0.2) is 37.2 Å². The average Bonchev–Trinajstić information content (AvgIpc) is 3.05. The minimum absolute atomic E-state index is 0.250. The van der Waals surface area contributed by atoms with E-state index in [2.05, 4.69) is 25.5 Å². The van der Waals surface area contributed by atoms with Crippen molar-refractivity contribution in [3.8, 4) is 0 Å². The van der Waals surface area contributed by atoms with Crippen LogP contribution in [0.5, 0.6) is 0 Å². The number of aromatic amines is 2. The molecule has 21 heavy (non-hydrogen) atoms. The van der Waals surface area contributed by atoms with Gasteiger partial charge in [0.05, 0.1) is 5.52 Å². The number of carbonyl (C=O) groups is 1. The summed E-state index contributed by atoms with van der Waals surface area (Å²) in [5.41, 5.74) is 0.824. The molecule has 3 aromatic heterocycles. The number of nitrogens with one attached hydrogen (secondary N) is 3. The standard InChI is InChI=1S/C13H14N6O2/c1-19-7-4-8-2-5-14-10(11(8)19)12(20)15-6-3-9-16-13(21)18-17-9/h2,4-5,7H,3,6H2,1H3,(H,15,20)(H2,16,17,18,21). The zero-order valence-corrected chi connectivity index (χ0v) is 11.4. The van der Waals surface area contributed by atoms with Gasteiger partial charge in [0.25, 0.3) is 5.91 Å². The van der Waals surface area contributed by atoms with Gasteiger partial charge < -0.3 is 9.88 Å². The monoisotopic (exact) mass is 286 g/mol. The third-order valence-electron chi connectivity index (χ3n) is 3.20. The molecule has 0 aromatic carbocycles. The lowest BCUT2D eigenvalue weighted by Crippen LogP contribution is -2.27. The largest absolute Gasteiger partial charge is 0.350 e. The molecule has 8 heteroatoms. The molecule has 0 atom stereocenters. The second kappa shape index (κ2) is 5.23. The van der Waals surface area contributed by atoms with Crippen molar-refractivity contribution in [3.63, 3.8) is 0 Å². The summed E-state index contributed by atoms with van der Waals surface area (Å²) in [4.78, 5) is 29.8. The summed E-state index contributed by atoms with van der Waals surface area (Å²) in [5, 5.41) is 9.80. The predicted molar refractivity (Wildman–Crippen MR) is 76.0 cm³/mol. The van der Waals surface area contributed by atoms with Crippen molar-refractivity contribution in [1.29, 1.82) is 0 Å². The highest BCUT2D eigenvalue weighted by Gasteiger charge is 2.13. The Balaban J connectivity index is 1.72. The van der Waals surface area contributed by atoms with Crippen LogP contribution in [0.1, 0.15) is 16.3 Å². The van der Waals surface area contributed by atoms with E-state index in [1.54, 1.807) is 6.20 Å². The Morgan fingerprint density at radius 1 is 1.43 bits per heavy atom. The third kappa shape index (κ3) is 2.55. The van der Waals surface area contributed by atoms with Crippen molar-refractivity contribution in [2.45, 2.75) is 6.42 Å². The third-order valence-corrected chi connectivity index (χ3v) is 3.20. The Morgan fingerprint density at radius 2 is 2.29 bits per heavy atom. The number of H-pyrrole nitrogens is 2. The second-order valence-electron chi connectivity index (χ2n) is 4.65. The van der Waals surface area contributed by atoms with Crippen LogP contribution in [-0.2, 0) is 13.5 Å². The molecular weight excluding hydrogens is 272 g/mol. The van der Waals surface area contributed by atoms with E-state index in [1.165, 1.54) is 0 Å². The molecule has 0 aliphatic heterocycles. The molecule has 0 radical (unpaired) electrons. The lowest BCUT2D eigenvalue weighted by Gasteiger charge is -2.06. The first-order chi connectivity index (χ1) is 10.1. The molecule has 0 fully saturated rings. The van der Waals surface area contributed by atoms with Gasteiger partial charge in [-0.25, -0.2) is 14.9 Å². The molecule has 8 nitrogen and oxygen atoms in total. The van der Waals surface area contributed by atoms with Crippen LogP contribution in [0.2, 0.25) is 0 Å². The molecule has 3 heterocycles. The molecule has 108 valence electrons. The maximum Gasteiger partial charge on any atom is 0.340 e.